The standard InChI is InChI=1S/C24H20F3NO4/c1-12-5-10-18(31-4)20-19(24(29)32-23-16(26)9-8-15(25)21(23)27)14-7-6-13(30-3)11-17(14)28(2)22(12)20/h5-11,18H,1-4H3. The number of anilines is 1. The van der Waals surface area contributed by atoms with E-state index in [4.69, 9.17) is 14.2 Å². The first-order valence-corrected chi connectivity index (χ1v) is 9.72. The van der Waals surface area contributed by atoms with Crippen molar-refractivity contribution in [2.24, 2.45) is 0 Å². The summed E-state index contributed by atoms with van der Waals surface area (Å²) < 4.78 is 58.0. The van der Waals surface area contributed by atoms with Crippen molar-refractivity contribution in [2.45, 2.75) is 13.0 Å². The number of allylic oxidation sites excluding steroid dienone is 2. The summed E-state index contributed by atoms with van der Waals surface area (Å²) in [4.78, 5) is 15.2. The van der Waals surface area contributed by atoms with Gasteiger partial charge in [0.15, 0.2) is 11.6 Å². The summed E-state index contributed by atoms with van der Waals surface area (Å²) in [6.45, 7) is 1.87. The molecule has 0 amide bonds. The molecule has 32 heavy (non-hydrogen) atoms. The number of esters is 1. The van der Waals surface area contributed by atoms with Crippen LogP contribution in [0.25, 0.3) is 5.57 Å². The van der Waals surface area contributed by atoms with Crippen molar-refractivity contribution >= 4 is 17.2 Å². The molecule has 4 rings (SSSR count). The number of benzene rings is 2. The number of hydrogen-bond donors (Lipinski definition) is 0. The van der Waals surface area contributed by atoms with E-state index in [9.17, 15) is 18.0 Å². The quantitative estimate of drug-likeness (QED) is 0.387. The number of hydrogen-bond acceptors (Lipinski definition) is 5. The van der Waals surface area contributed by atoms with Crippen LogP contribution in [0.2, 0.25) is 0 Å². The van der Waals surface area contributed by atoms with Gasteiger partial charge >= 0.3 is 5.97 Å². The number of carbonyl (C=O) groups excluding carboxylic acids is 1. The Labute approximate surface area is 183 Å². The first-order valence-electron chi connectivity index (χ1n) is 9.72. The second-order valence-corrected chi connectivity index (χ2v) is 7.34. The molecule has 0 bridgehead atoms. The van der Waals surface area contributed by atoms with Gasteiger partial charge in [0, 0.05) is 31.4 Å². The molecular formula is C24H20F3NO4. The van der Waals surface area contributed by atoms with E-state index in [1.54, 1.807) is 24.3 Å². The Kier molecular flexibility index (Phi) is 5.56. The van der Waals surface area contributed by atoms with E-state index >= 15 is 0 Å². The lowest BCUT2D eigenvalue weighted by molar-refractivity contribution is -0.128. The molecule has 1 atom stereocenters. The molecule has 2 aliphatic rings. The number of halogens is 3. The summed E-state index contributed by atoms with van der Waals surface area (Å²) in [6.07, 6.45) is 3.02. The Balaban J connectivity index is 1.95. The number of rotatable bonds is 4. The van der Waals surface area contributed by atoms with Crippen LogP contribution in [-0.2, 0) is 9.53 Å². The monoisotopic (exact) mass is 443 g/mol. The topological polar surface area (TPSA) is 48.0 Å². The summed E-state index contributed by atoms with van der Waals surface area (Å²) in [5, 5.41) is 0. The summed E-state index contributed by atoms with van der Waals surface area (Å²) in [7, 11) is 4.83. The maximum absolute atomic E-state index is 14.2. The summed E-state index contributed by atoms with van der Waals surface area (Å²) >= 11 is 0. The van der Waals surface area contributed by atoms with Crippen LogP contribution in [0.15, 0.2) is 59.3 Å². The van der Waals surface area contributed by atoms with Crippen LogP contribution in [0.3, 0.4) is 0 Å². The molecule has 2 aromatic carbocycles. The molecule has 0 N–H and O–H groups in total. The van der Waals surface area contributed by atoms with Crippen molar-refractivity contribution in [2.75, 3.05) is 26.2 Å². The highest BCUT2D eigenvalue weighted by Gasteiger charge is 2.38. The number of methoxy groups -OCH3 is 2. The van der Waals surface area contributed by atoms with E-state index in [2.05, 4.69) is 0 Å². The lowest BCUT2D eigenvalue weighted by Crippen LogP contribution is -2.34. The molecule has 0 radical (unpaired) electrons. The molecule has 0 aromatic heterocycles. The number of nitrogens with zero attached hydrogens (tertiary/aromatic N) is 1. The van der Waals surface area contributed by atoms with Crippen LogP contribution < -0.4 is 14.4 Å². The zero-order valence-electron chi connectivity index (χ0n) is 17.8. The Hall–Kier alpha value is -3.52. The maximum Gasteiger partial charge on any atom is 0.344 e. The number of likely N-dealkylation sites (N-methyl/N-ethyl adjacent to an activating group) is 1. The van der Waals surface area contributed by atoms with Crippen LogP contribution in [0, 0.1) is 17.5 Å². The molecule has 0 fully saturated rings. The van der Waals surface area contributed by atoms with Crippen molar-refractivity contribution in [1.29, 1.82) is 0 Å². The molecule has 8 heteroatoms. The summed E-state index contributed by atoms with van der Waals surface area (Å²) in [5.41, 5.74) is 3.16. The zero-order valence-corrected chi connectivity index (χ0v) is 17.8. The van der Waals surface area contributed by atoms with Crippen LogP contribution in [0.1, 0.15) is 12.5 Å². The molecule has 1 heterocycles. The van der Waals surface area contributed by atoms with E-state index < -0.39 is 35.3 Å². The van der Waals surface area contributed by atoms with E-state index in [-0.39, 0.29) is 5.57 Å². The highest BCUT2D eigenvalue weighted by molar-refractivity contribution is 6.22. The van der Waals surface area contributed by atoms with Gasteiger partial charge in [0.05, 0.1) is 24.1 Å². The van der Waals surface area contributed by atoms with Gasteiger partial charge in [-0.05, 0) is 36.8 Å². The van der Waals surface area contributed by atoms with Crippen LogP contribution in [0.5, 0.6) is 11.5 Å². The highest BCUT2D eigenvalue weighted by atomic mass is 19.2. The van der Waals surface area contributed by atoms with Gasteiger partial charge in [-0.2, -0.15) is 4.39 Å². The van der Waals surface area contributed by atoms with Crippen molar-refractivity contribution in [1.82, 2.24) is 0 Å². The predicted octanol–water partition coefficient (Wildman–Crippen LogP) is 4.78. The third kappa shape index (κ3) is 3.36. The van der Waals surface area contributed by atoms with Gasteiger partial charge in [-0.1, -0.05) is 12.2 Å². The van der Waals surface area contributed by atoms with E-state index in [0.29, 0.717) is 40.4 Å². The van der Waals surface area contributed by atoms with Crippen LogP contribution in [-0.4, -0.2) is 33.3 Å². The van der Waals surface area contributed by atoms with E-state index in [0.717, 1.165) is 5.57 Å². The van der Waals surface area contributed by atoms with Gasteiger partial charge in [-0.15, -0.1) is 0 Å². The molecule has 0 spiro atoms. The van der Waals surface area contributed by atoms with Gasteiger partial charge in [-0.25, -0.2) is 13.6 Å². The average Bonchev–Trinajstić information content (AvgIpc) is 2.79. The van der Waals surface area contributed by atoms with E-state index in [1.807, 2.05) is 24.9 Å². The van der Waals surface area contributed by atoms with Crippen molar-refractivity contribution in [3.8, 4) is 11.5 Å². The van der Waals surface area contributed by atoms with E-state index in [1.165, 1.54) is 14.2 Å². The van der Waals surface area contributed by atoms with Gasteiger partial charge in [0.1, 0.15) is 11.9 Å². The third-order valence-corrected chi connectivity index (χ3v) is 5.53. The smallest absolute Gasteiger partial charge is 0.344 e. The molecule has 1 aliphatic carbocycles. The molecule has 166 valence electrons. The zero-order chi connectivity index (χ0) is 23.2. The molecule has 0 saturated heterocycles. The minimum atomic E-state index is -1.58. The summed E-state index contributed by atoms with van der Waals surface area (Å²) in [6, 6.07) is 6.37. The first-order chi connectivity index (χ1) is 15.3. The highest BCUT2D eigenvalue weighted by Crippen LogP contribution is 2.46. The number of ether oxygens (including phenoxy) is 3. The minimum absolute atomic E-state index is 0.0642. The van der Waals surface area contributed by atoms with Crippen LogP contribution >= 0.6 is 0 Å². The molecule has 1 aliphatic heterocycles. The first kappa shape index (κ1) is 21.7. The fraction of sp³-hybridized carbons (Fsp3) is 0.208. The average molecular weight is 443 g/mol. The molecule has 2 aromatic rings. The third-order valence-electron chi connectivity index (χ3n) is 5.53. The molecular weight excluding hydrogens is 423 g/mol. The Bertz CT molecular complexity index is 1220. The number of fused-ring (bicyclic) bond motifs is 2. The largest absolute Gasteiger partial charge is 0.497 e. The van der Waals surface area contributed by atoms with Gasteiger partial charge < -0.3 is 19.1 Å². The fourth-order valence-electron chi connectivity index (χ4n) is 4.01. The normalized spacial score (nSPS) is 17.3. The molecule has 5 nitrogen and oxygen atoms in total. The Morgan fingerprint density at radius 2 is 1.78 bits per heavy atom. The molecule has 1 unspecified atom stereocenters. The Morgan fingerprint density at radius 3 is 2.47 bits per heavy atom. The number of carbonyl (C=O) groups is 1. The predicted molar refractivity (Wildman–Crippen MR) is 113 cm³/mol. The summed E-state index contributed by atoms with van der Waals surface area (Å²) in [5.74, 6) is -5.67. The van der Waals surface area contributed by atoms with Gasteiger partial charge in [0.25, 0.3) is 0 Å². The maximum atomic E-state index is 14.2. The minimum Gasteiger partial charge on any atom is -0.497 e. The lowest BCUT2D eigenvalue weighted by atomic mass is 9.84. The lowest BCUT2D eigenvalue weighted by Gasteiger charge is -2.38. The van der Waals surface area contributed by atoms with Gasteiger partial charge in [-0.3, -0.25) is 0 Å². The van der Waals surface area contributed by atoms with Crippen LogP contribution in [0.4, 0.5) is 18.9 Å². The van der Waals surface area contributed by atoms with Crippen molar-refractivity contribution < 1.29 is 32.2 Å². The second-order valence-electron chi connectivity index (χ2n) is 7.34. The van der Waals surface area contributed by atoms with Crippen molar-refractivity contribution in [3.63, 3.8) is 0 Å². The SMILES string of the molecule is COc1ccc2c(c1)N(C)C1=C(C)C=CC(OC)C1=C2C(=O)Oc1c(F)ccc(F)c1F. The second kappa shape index (κ2) is 8.20. The molecule has 0 saturated carbocycles. The fourth-order valence-corrected chi connectivity index (χ4v) is 4.01. The van der Waals surface area contributed by atoms with Crippen molar-refractivity contribution in [3.05, 3.63) is 82.3 Å². The van der Waals surface area contributed by atoms with Gasteiger partial charge in [0.2, 0.25) is 11.6 Å². The Morgan fingerprint density at radius 1 is 1.06 bits per heavy atom.